The van der Waals surface area contributed by atoms with E-state index >= 15 is 0 Å². The fraction of sp³-hybridized carbons (Fsp3) is 0.588. The highest BCUT2D eigenvalue weighted by Crippen LogP contribution is 2.25. The van der Waals surface area contributed by atoms with E-state index in [1.54, 1.807) is 12.5 Å². The van der Waals surface area contributed by atoms with E-state index in [0.29, 0.717) is 11.7 Å². The summed E-state index contributed by atoms with van der Waals surface area (Å²) in [6.07, 6.45) is 8.39. The van der Waals surface area contributed by atoms with Gasteiger partial charge in [0.05, 0.1) is 12.2 Å². The largest absolute Gasteiger partial charge is 0.356 e. The van der Waals surface area contributed by atoms with Crippen molar-refractivity contribution in [3.05, 3.63) is 30.0 Å². The highest BCUT2D eigenvalue weighted by atomic mass is 16.2. The van der Waals surface area contributed by atoms with E-state index in [1.807, 2.05) is 4.68 Å². The van der Waals surface area contributed by atoms with Crippen LogP contribution in [0.25, 0.3) is 0 Å². The van der Waals surface area contributed by atoms with Gasteiger partial charge in [-0.1, -0.05) is 12.1 Å². The number of anilines is 1. The van der Waals surface area contributed by atoms with Gasteiger partial charge in [0.1, 0.15) is 12.1 Å². The summed E-state index contributed by atoms with van der Waals surface area (Å²) < 4.78 is 1.84. The second-order valence-electron chi connectivity index (χ2n) is 6.77. The summed E-state index contributed by atoms with van der Waals surface area (Å²) in [5.74, 6) is 0.882. The Kier molecular flexibility index (Phi) is 4.33. The van der Waals surface area contributed by atoms with Crippen molar-refractivity contribution in [1.82, 2.24) is 30.3 Å². The molecule has 0 spiro atoms. The first kappa shape index (κ1) is 16.0. The summed E-state index contributed by atoms with van der Waals surface area (Å²) in [5.41, 5.74) is 1.48. The van der Waals surface area contributed by atoms with Crippen LogP contribution in [0.1, 0.15) is 54.8 Å². The highest BCUT2D eigenvalue weighted by Gasteiger charge is 2.27. The Balaban J connectivity index is 1.36. The van der Waals surface area contributed by atoms with Gasteiger partial charge >= 0.3 is 0 Å². The summed E-state index contributed by atoms with van der Waals surface area (Å²) in [6.45, 7) is 3.92. The van der Waals surface area contributed by atoms with Crippen molar-refractivity contribution in [3.63, 3.8) is 0 Å². The Morgan fingerprint density at radius 1 is 1.24 bits per heavy atom. The van der Waals surface area contributed by atoms with Gasteiger partial charge in [-0.2, -0.15) is 0 Å². The Labute approximate surface area is 146 Å². The molecule has 132 valence electrons. The lowest BCUT2D eigenvalue weighted by Gasteiger charge is -2.32. The number of nitrogens with one attached hydrogen (secondary N) is 1. The maximum absolute atomic E-state index is 12.0. The van der Waals surface area contributed by atoms with Crippen LogP contribution < -0.4 is 10.2 Å². The predicted molar refractivity (Wildman–Crippen MR) is 92.4 cm³/mol. The van der Waals surface area contributed by atoms with Crippen molar-refractivity contribution >= 4 is 11.7 Å². The lowest BCUT2D eigenvalue weighted by atomic mass is 10.1. The number of aryl methyl sites for hydroxylation is 1. The molecule has 2 aromatic heterocycles. The molecule has 1 N–H and O–H groups in total. The Hall–Kier alpha value is -2.51. The third kappa shape index (κ3) is 3.62. The molecule has 1 aliphatic heterocycles. The molecule has 1 saturated carbocycles. The number of carbonyl (C=O) groups is 1. The minimum absolute atomic E-state index is 0.112. The van der Waals surface area contributed by atoms with Gasteiger partial charge in [-0.3, -0.25) is 4.79 Å². The lowest BCUT2D eigenvalue weighted by Crippen LogP contribution is -2.35. The van der Waals surface area contributed by atoms with Crippen LogP contribution in [0.15, 0.2) is 18.6 Å². The summed E-state index contributed by atoms with van der Waals surface area (Å²) in [7, 11) is 0. The van der Waals surface area contributed by atoms with Crippen LogP contribution in [-0.4, -0.2) is 50.0 Å². The molecule has 3 heterocycles. The summed E-state index contributed by atoms with van der Waals surface area (Å²) in [6, 6.07) is 2.68. The number of nitrogens with zero attached hydrogens (tertiary/aromatic N) is 6. The fourth-order valence-electron chi connectivity index (χ4n) is 3.16. The minimum Gasteiger partial charge on any atom is -0.356 e. The summed E-state index contributed by atoms with van der Waals surface area (Å²) >= 11 is 0. The summed E-state index contributed by atoms with van der Waals surface area (Å²) in [5, 5.41) is 11.2. The molecule has 2 fully saturated rings. The lowest BCUT2D eigenvalue weighted by molar-refractivity contribution is 0.0946. The van der Waals surface area contributed by atoms with Crippen molar-refractivity contribution in [3.8, 4) is 0 Å². The van der Waals surface area contributed by atoms with Crippen molar-refractivity contribution < 1.29 is 4.79 Å². The molecule has 0 unspecified atom stereocenters. The molecular weight excluding hydrogens is 318 g/mol. The maximum atomic E-state index is 12.0. The average Bonchev–Trinajstić information content (AvgIpc) is 3.33. The van der Waals surface area contributed by atoms with Crippen molar-refractivity contribution in [1.29, 1.82) is 0 Å². The monoisotopic (exact) mass is 341 g/mol. The first-order chi connectivity index (χ1) is 12.2. The number of hydrogen-bond donors (Lipinski definition) is 1. The van der Waals surface area contributed by atoms with Crippen LogP contribution >= 0.6 is 0 Å². The molecule has 8 heteroatoms. The number of hydrogen-bond acceptors (Lipinski definition) is 6. The van der Waals surface area contributed by atoms with Gasteiger partial charge in [0.2, 0.25) is 0 Å². The number of carbonyl (C=O) groups excluding carboxylic acids is 1. The van der Waals surface area contributed by atoms with Crippen LogP contribution in [-0.2, 0) is 6.42 Å². The molecule has 1 aliphatic carbocycles. The molecule has 1 saturated heterocycles. The first-order valence-corrected chi connectivity index (χ1v) is 9.01. The molecule has 1 amide bonds. The van der Waals surface area contributed by atoms with Crippen LogP contribution in [0.3, 0.4) is 0 Å². The fourth-order valence-corrected chi connectivity index (χ4v) is 3.16. The Morgan fingerprint density at radius 2 is 2.04 bits per heavy atom. The maximum Gasteiger partial charge on any atom is 0.273 e. The minimum atomic E-state index is -0.112. The molecule has 2 aromatic rings. The van der Waals surface area contributed by atoms with Gasteiger partial charge < -0.3 is 10.2 Å². The summed E-state index contributed by atoms with van der Waals surface area (Å²) in [4.78, 5) is 23.0. The van der Waals surface area contributed by atoms with Crippen LogP contribution in [0.5, 0.6) is 0 Å². The molecule has 0 radical (unpaired) electrons. The van der Waals surface area contributed by atoms with Crippen LogP contribution in [0.4, 0.5) is 5.82 Å². The zero-order valence-corrected chi connectivity index (χ0v) is 14.4. The Bertz CT molecular complexity index is 747. The van der Waals surface area contributed by atoms with Crippen LogP contribution in [0, 0.1) is 0 Å². The third-order valence-electron chi connectivity index (χ3n) is 4.89. The molecular formula is C17H23N7O. The van der Waals surface area contributed by atoms with Gasteiger partial charge in [-0.05, 0) is 32.1 Å². The van der Waals surface area contributed by atoms with Crippen LogP contribution in [0.2, 0.25) is 0 Å². The molecule has 0 atom stereocenters. The third-order valence-corrected chi connectivity index (χ3v) is 4.89. The molecule has 25 heavy (non-hydrogen) atoms. The average molecular weight is 341 g/mol. The van der Waals surface area contributed by atoms with Gasteiger partial charge in [-0.25, -0.2) is 14.6 Å². The van der Waals surface area contributed by atoms with E-state index in [4.69, 9.17) is 0 Å². The predicted octanol–water partition coefficient (Wildman–Crippen LogP) is 1.36. The van der Waals surface area contributed by atoms with E-state index < -0.39 is 0 Å². The second-order valence-corrected chi connectivity index (χ2v) is 6.77. The Morgan fingerprint density at radius 3 is 2.76 bits per heavy atom. The number of piperidine rings is 1. The van der Waals surface area contributed by atoms with Gasteiger partial charge in [0.25, 0.3) is 5.91 Å². The molecule has 0 bridgehead atoms. The van der Waals surface area contributed by atoms with Crippen molar-refractivity contribution in [2.24, 2.45) is 0 Å². The van der Waals surface area contributed by atoms with E-state index in [-0.39, 0.29) is 11.9 Å². The molecule has 8 nitrogen and oxygen atoms in total. The topological polar surface area (TPSA) is 88.8 Å². The van der Waals surface area contributed by atoms with E-state index in [9.17, 15) is 4.79 Å². The zero-order valence-electron chi connectivity index (χ0n) is 14.4. The molecule has 4 rings (SSSR count). The highest BCUT2D eigenvalue weighted by molar-refractivity contribution is 5.92. The van der Waals surface area contributed by atoms with Crippen molar-refractivity contribution in [2.75, 3.05) is 18.0 Å². The smallest absolute Gasteiger partial charge is 0.273 e. The quantitative estimate of drug-likeness (QED) is 0.883. The van der Waals surface area contributed by atoms with E-state index in [2.05, 4.69) is 43.5 Å². The van der Waals surface area contributed by atoms with Gasteiger partial charge in [0.15, 0.2) is 5.69 Å². The molecule has 2 aliphatic rings. The molecule has 0 aromatic carbocycles. The normalized spacial score (nSPS) is 18.4. The number of amides is 1. The standard InChI is InChI=1S/C17H23N7O/c1-2-12-9-16(19-11-18-12)23-7-5-14(6-8-23)24-10-15(21-22-24)17(25)20-13-3-4-13/h9-11,13-14H,2-8H2,1H3,(H,20,25). The first-order valence-electron chi connectivity index (χ1n) is 9.01. The second kappa shape index (κ2) is 6.78. The van der Waals surface area contributed by atoms with E-state index in [1.165, 1.54) is 0 Å². The number of aromatic nitrogens is 5. The zero-order chi connectivity index (χ0) is 17.2. The van der Waals surface area contributed by atoms with Crippen molar-refractivity contribution in [2.45, 2.75) is 51.1 Å². The number of rotatable bonds is 5. The SMILES string of the molecule is CCc1cc(N2CCC(n3cc(C(=O)NC4CC4)nn3)CC2)ncn1. The van der Waals surface area contributed by atoms with Gasteiger partial charge in [0, 0.05) is 30.9 Å². The van der Waals surface area contributed by atoms with Gasteiger partial charge in [-0.15, -0.1) is 5.10 Å². The van der Waals surface area contributed by atoms with E-state index in [0.717, 1.165) is 56.7 Å².